The maximum Gasteiger partial charge on any atom is 0.225 e. The molecular formula is C23H26N4O2. The number of hydrogen-bond acceptors (Lipinski definition) is 4. The lowest BCUT2D eigenvalue weighted by Crippen LogP contribution is -2.33. The van der Waals surface area contributed by atoms with E-state index in [-0.39, 0.29) is 17.7 Å². The number of amides is 1. The average Bonchev–Trinajstić information content (AvgIpc) is 3.41. The lowest BCUT2D eigenvalue weighted by molar-refractivity contribution is -0.125. The highest BCUT2D eigenvalue weighted by Gasteiger charge is 2.34. The summed E-state index contributed by atoms with van der Waals surface area (Å²) in [4.78, 5) is 12.7. The zero-order valence-corrected chi connectivity index (χ0v) is 16.5. The molecule has 0 saturated carbocycles. The molecule has 2 aromatic carbocycles. The minimum atomic E-state index is -0.0715. The first-order valence-electron chi connectivity index (χ1n) is 9.91. The molecule has 0 radical (unpaired) electrons. The summed E-state index contributed by atoms with van der Waals surface area (Å²) in [6, 6.07) is 17.9. The minimum absolute atomic E-state index is 0.0715. The Morgan fingerprint density at radius 1 is 1.14 bits per heavy atom. The van der Waals surface area contributed by atoms with Crippen LogP contribution >= 0.6 is 0 Å². The largest absolute Gasteiger partial charge is 0.489 e. The maximum atomic E-state index is 12.7. The predicted molar refractivity (Wildman–Crippen MR) is 111 cm³/mol. The first kappa shape index (κ1) is 19.2. The number of aromatic nitrogens is 2. The molecule has 150 valence electrons. The fourth-order valence-corrected chi connectivity index (χ4v) is 3.69. The highest BCUT2D eigenvalue weighted by atomic mass is 16.5. The molecule has 6 heteroatoms. The van der Waals surface area contributed by atoms with E-state index in [0.29, 0.717) is 19.7 Å². The van der Waals surface area contributed by atoms with Crippen molar-refractivity contribution in [3.8, 4) is 5.75 Å². The molecule has 3 aromatic rings. The normalized spacial score (nSPS) is 18.5. The van der Waals surface area contributed by atoms with Gasteiger partial charge in [-0.1, -0.05) is 42.5 Å². The summed E-state index contributed by atoms with van der Waals surface area (Å²) in [7, 11) is 1.90. The summed E-state index contributed by atoms with van der Waals surface area (Å²) in [5.41, 5.74) is 3.28. The Balaban J connectivity index is 1.29. The fourth-order valence-electron chi connectivity index (χ4n) is 3.69. The van der Waals surface area contributed by atoms with Crippen LogP contribution in [0, 0.1) is 5.92 Å². The molecule has 0 spiro atoms. The van der Waals surface area contributed by atoms with Crippen LogP contribution in [0.4, 0.5) is 0 Å². The monoisotopic (exact) mass is 390 g/mol. The van der Waals surface area contributed by atoms with Gasteiger partial charge in [0.25, 0.3) is 0 Å². The SMILES string of the molecule is Cn1cc([C@H]2CNC[C@@H]2C(=O)NCc2ccc(COc3ccccc3)cc2)cn1. The first-order valence-corrected chi connectivity index (χ1v) is 9.91. The van der Waals surface area contributed by atoms with Crippen LogP contribution in [-0.2, 0) is 25.0 Å². The van der Waals surface area contributed by atoms with E-state index in [1.807, 2.05) is 74.0 Å². The summed E-state index contributed by atoms with van der Waals surface area (Å²) in [6.45, 7) is 2.55. The molecule has 1 aliphatic rings. The number of nitrogens with zero attached hydrogens (tertiary/aromatic N) is 2. The summed E-state index contributed by atoms with van der Waals surface area (Å²) in [6.07, 6.45) is 3.85. The van der Waals surface area contributed by atoms with Gasteiger partial charge in [-0.05, 0) is 28.8 Å². The second-order valence-electron chi connectivity index (χ2n) is 7.45. The predicted octanol–water partition coefficient (Wildman–Crippen LogP) is 2.62. The molecule has 1 amide bonds. The van der Waals surface area contributed by atoms with Crippen molar-refractivity contribution in [3.63, 3.8) is 0 Å². The van der Waals surface area contributed by atoms with Crippen LogP contribution in [0.2, 0.25) is 0 Å². The average molecular weight is 390 g/mol. The van der Waals surface area contributed by atoms with Crippen LogP contribution in [0.15, 0.2) is 67.0 Å². The Kier molecular flexibility index (Phi) is 5.91. The molecular weight excluding hydrogens is 364 g/mol. The number of hydrogen-bond donors (Lipinski definition) is 2. The lowest BCUT2D eigenvalue weighted by atomic mass is 9.90. The quantitative estimate of drug-likeness (QED) is 0.651. The number of aryl methyl sites for hydroxylation is 1. The van der Waals surface area contributed by atoms with Gasteiger partial charge in [0.15, 0.2) is 0 Å². The number of benzene rings is 2. The highest BCUT2D eigenvalue weighted by molar-refractivity contribution is 5.80. The van der Waals surface area contributed by atoms with E-state index < -0.39 is 0 Å². The highest BCUT2D eigenvalue weighted by Crippen LogP contribution is 2.28. The Labute approximate surface area is 170 Å². The molecule has 2 N–H and O–H groups in total. The van der Waals surface area contributed by atoms with Crippen molar-refractivity contribution >= 4 is 5.91 Å². The van der Waals surface area contributed by atoms with E-state index in [1.54, 1.807) is 4.68 Å². The number of carbonyl (C=O) groups excluding carboxylic acids is 1. The van der Waals surface area contributed by atoms with Gasteiger partial charge < -0.3 is 15.4 Å². The van der Waals surface area contributed by atoms with E-state index in [4.69, 9.17) is 4.74 Å². The zero-order chi connectivity index (χ0) is 20.1. The summed E-state index contributed by atoms with van der Waals surface area (Å²) in [5, 5.41) is 10.7. The molecule has 1 aromatic heterocycles. The third-order valence-electron chi connectivity index (χ3n) is 5.34. The summed E-state index contributed by atoms with van der Waals surface area (Å²) in [5.74, 6) is 1.04. The molecule has 1 fully saturated rings. The Bertz CT molecular complexity index is 937. The van der Waals surface area contributed by atoms with Crippen LogP contribution in [0.5, 0.6) is 5.75 Å². The topological polar surface area (TPSA) is 68.2 Å². The van der Waals surface area contributed by atoms with Gasteiger partial charge in [-0.15, -0.1) is 0 Å². The Morgan fingerprint density at radius 3 is 2.62 bits per heavy atom. The number of ether oxygens (including phenoxy) is 1. The van der Waals surface area contributed by atoms with Gasteiger partial charge in [0, 0.05) is 38.8 Å². The molecule has 2 atom stereocenters. The molecule has 4 rings (SSSR count). The third kappa shape index (κ3) is 4.84. The molecule has 1 aliphatic heterocycles. The first-order chi connectivity index (χ1) is 14.2. The number of rotatable bonds is 7. The second kappa shape index (κ2) is 8.92. The number of nitrogens with one attached hydrogen (secondary N) is 2. The van der Waals surface area contributed by atoms with Gasteiger partial charge >= 0.3 is 0 Å². The standard InChI is InChI=1S/C23H26N4O2/c1-27-15-19(12-26-27)21-13-24-14-22(21)23(28)25-11-17-7-9-18(10-8-17)16-29-20-5-3-2-4-6-20/h2-10,12,15,21-22,24H,11,13-14,16H2,1H3,(H,25,28)/t21-,22+/m1/s1. The molecule has 0 unspecified atom stereocenters. The smallest absolute Gasteiger partial charge is 0.225 e. The van der Waals surface area contributed by atoms with Crippen LogP contribution in [0.1, 0.15) is 22.6 Å². The zero-order valence-electron chi connectivity index (χ0n) is 16.5. The van der Waals surface area contributed by atoms with E-state index in [2.05, 4.69) is 15.7 Å². The van der Waals surface area contributed by atoms with Gasteiger partial charge in [0.05, 0.1) is 12.1 Å². The van der Waals surface area contributed by atoms with Gasteiger partial charge in [-0.2, -0.15) is 5.10 Å². The minimum Gasteiger partial charge on any atom is -0.489 e. The van der Waals surface area contributed by atoms with Crippen molar-refractivity contribution in [1.82, 2.24) is 20.4 Å². The van der Waals surface area contributed by atoms with Crippen LogP contribution in [-0.4, -0.2) is 28.8 Å². The molecule has 0 bridgehead atoms. The van der Waals surface area contributed by atoms with Crippen molar-refractivity contribution < 1.29 is 9.53 Å². The van der Waals surface area contributed by atoms with E-state index in [0.717, 1.165) is 29.0 Å². The molecule has 0 aliphatic carbocycles. The van der Waals surface area contributed by atoms with Gasteiger partial charge in [0.2, 0.25) is 5.91 Å². The van der Waals surface area contributed by atoms with Gasteiger partial charge in [-0.25, -0.2) is 0 Å². The van der Waals surface area contributed by atoms with Crippen molar-refractivity contribution in [2.75, 3.05) is 13.1 Å². The molecule has 6 nitrogen and oxygen atoms in total. The molecule has 29 heavy (non-hydrogen) atoms. The van der Waals surface area contributed by atoms with Gasteiger partial charge in [-0.3, -0.25) is 9.48 Å². The van der Waals surface area contributed by atoms with Crippen LogP contribution in [0.25, 0.3) is 0 Å². The van der Waals surface area contributed by atoms with Gasteiger partial charge in [0.1, 0.15) is 12.4 Å². The van der Waals surface area contributed by atoms with Crippen molar-refractivity contribution in [3.05, 3.63) is 83.7 Å². The maximum absolute atomic E-state index is 12.7. The third-order valence-corrected chi connectivity index (χ3v) is 5.34. The Morgan fingerprint density at radius 2 is 1.90 bits per heavy atom. The van der Waals surface area contributed by atoms with E-state index in [9.17, 15) is 4.79 Å². The van der Waals surface area contributed by atoms with Crippen molar-refractivity contribution in [2.45, 2.75) is 19.1 Å². The Hall–Kier alpha value is -3.12. The number of carbonyl (C=O) groups is 1. The fraction of sp³-hybridized carbons (Fsp3) is 0.304. The second-order valence-corrected chi connectivity index (χ2v) is 7.45. The molecule has 1 saturated heterocycles. The summed E-state index contributed by atoms with van der Waals surface area (Å²) < 4.78 is 7.55. The van der Waals surface area contributed by atoms with Crippen molar-refractivity contribution in [1.29, 1.82) is 0 Å². The van der Waals surface area contributed by atoms with Crippen LogP contribution < -0.4 is 15.4 Å². The van der Waals surface area contributed by atoms with Crippen molar-refractivity contribution in [2.24, 2.45) is 13.0 Å². The number of para-hydroxylation sites is 1. The van der Waals surface area contributed by atoms with Crippen LogP contribution in [0.3, 0.4) is 0 Å². The molecule has 2 heterocycles. The lowest BCUT2D eigenvalue weighted by Gasteiger charge is -2.17. The van der Waals surface area contributed by atoms with E-state index >= 15 is 0 Å². The van der Waals surface area contributed by atoms with E-state index in [1.165, 1.54) is 0 Å². The summed E-state index contributed by atoms with van der Waals surface area (Å²) >= 11 is 0.